The quantitative estimate of drug-likeness (QED) is 0.825. The molecule has 1 heterocycles. The molecule has 3 aliphatic rings. The zero-order chi connectivity index (χ0) is 13.5. The van der Waals surface area contributed by atoms with Crippen LogP contribution in [0.2, 0.25) is 0 Å². The Morgan fingerprint density at radius 3 is 2.75 bits per heavy atom. The highest BCUT2D eigenvalue weighted by Gasteiger charge is 2.34. The van der Waals surface area contributed by atoms with Crippen LogP contribution < -0.4 is 5.73 Å². The van der Waals surface area contributed by atoms with Crippen molar-refractivity contribution in [3.63, 3.8) is 0 Å². The Balaban J connectivity index is 1.50. The maximum atomic E-state index is 6.08. The topological polar surface area (TPSA) is 54.7 Å². The minimum Gasteiger partial charge on any atom is -0.345 e. The van der Waals surface area contributed by atoms with Gasteiger partial charge in [0.25, 0.3) is 0 Å². The number of nitrogens with zero attached hydrogens (tertiary/aromatic N) is 1. The Kier molecular flexibility index (Phi) is 3.33. The van der Waals surface area contributed by atoms with Gasteiger partial charge in [-0.2, -0.15) is 0 Å². The smallest absolute Gasteiger partial charge is 0.109 e. The van der Waals surface area contributed by atoms with Crippen LogP contribution in [0.1, 0.15) is 74.5 Å². The summed E-state index contributed by atoms with van der Waals surface area (Å²) in [7, 11) is 0. The summed E-state index contributed by atoms with van der Waals surface area (Å²) >= 11 is 0. The van der Waals surface area contributed by atoms with Gasteiger partial charge < -0.3 is 10.7 Å². The van der Waals surface area contributed by atoms with E-state index >= 15 is 0 Å². The fraction of sp³-hybridized carbons (Fsp3) is 0.824. The molecule has 0 amide bonds. The molecule has 3 heteroatoms. The van der Waals surface area contributed by atoms with E-state index in [9.17, 15) is 0 Å². The molecule has 4 atom stereocenters. The van der Waals surface area contributed by atoms with Gasteiger partial charge in [0.15, 0.2) is 0 Å². The Labute approximate surface area is 121 Å². The highest BCUT2D eigenvalue weighted by Crippen LogP contribution is 2.45. The largest absolute Gasteiger partial charge is 0.345 e. The normalized spacial score (nSPS) is 37.2. The minimum atomic E-state index is 0.338. The minimum absolute atomic E-state index is 0.338. The fourth-order valence-corrected chi connectivity index (χ4v) is 4.84. The fourth-order valence-electron chi connectivity index (χ4n) is 4.84. The van der Waals surface area contributed by atoms with Gasteiger partial charge in [-0.3, -0.25) is 0 Å². The van der Waals surface area contributed by atoms with Crippen LogP contribution >= 0.6 is 0 Å². The second kappa shape index (κ2) is 5.18. The van der Waals surface area contributed by atoms with E-state index in [2.05, 4.69) is 4.98 Å². The highest BCUT2D eigenvalue weighted by atomic mass is 15.0. The van der Waals surface area contributed by atoms with E-state index in [-0.39, 0.29) is 0 Å². The van der Waals surface area contributed by atoms with Crippen LogP contribution in [0.5, 0.6) is 0 Å². The number of aromatic nitrogens is 2. The van der Waals surface area contributed by atoms with Gasteiger partial charge in [-0.05, 0) is 43.9 Å². The van der Waals surface area contributed by atoms with E-state index in [1.54, 1.807) is 0 Å². The summed E-state index contributed by atoms with van der Waals surface area (Å²) in [4.78, 5) is 8.57. The predicted molar refractivity (Wildman–Crippen MR) is 80.6 cm³/mol. The Morgan fingerprint density at radius 1 is 1.00 bits per heavy atom. The third-order valence-corrected chi connectivity index (χ3v) is 6.03. The van der Waals surface area contributed by atoms with E-state index in [0.717, 1.165) is 31.1 Å². The molecule has 3 N–H and O–H groups in total. The summed E-state index contributed by atoms with van der Waals surface area (Å²) < 4.78 is 0. The SMILES string of the molecule is NC1CCc2nc(C3CCC4CCCCC4C3)[nH]c2C1. The summed E-state index contributed by atoms with van der Waals surface area (Å²) in [5.74, 6) is 3.98. The standard InChI is InChI=1S/C17H27N3/c18-14-7-8-15-16(10-14)20-17(19-15)13-6-5-11-3-1-2-4-12(11)9-13/h11-14H,1-10,18H2,(H,19,20). The molecule has 20 heavy (non-hydrogen) atoms. The summed E-state index contributed by atoms with van der Waals surface area (Å²) in [5, 5.41) is 0. The molecule has 1 aromatic heterocycles. The average molecular weight is 273 g/mol. The van der Waals surface area contributed by atoms with Gasteiger partial charge in [-0.25, -0.2) is 4.98 Å². The Bertz CT molecular complexity index is 479. The first kappa shape index (κ1) is 12.9. The first-order valence-corrected chi connectivity index (χ1v) is 8.63. The first-order chi connectivity index (χ1) is 9.79. The van der Waals surface area contributed by atoms with Crippen molar-refractivity contribution in [3.8, 4) is 0 Å². The molecule has 2 saturated carbocycles. The molecule has 1 aromatic rings. The van der Waals surface area contributed by atoms with Crippen LogP contribution in [-0.2, 0) is 12.8 Å². The number of aryl methyl sites for hydroxylation is 1. The summed E-state index contributed by atoms with van der Waals surface area (Å²) in [6, 6.07) is 0.338. The molecule has 0 bridgehead atoms. The molecular weight excluding hydrogens is 246 g/mol. The van der Waals surface area contributed by atoms with Gasteiger partial charge in [0.05, 0.1) is 5.69 Å². The number of imidazole rings is 1. The maximum absolute atomic E-state index is 6.08. The predicted octanol–water partition coefficient (Wildman–Crippen LogP) is 3.30. The van der Waals surface area contributed by atoms with E-state index in [1.807, 2.05) is 0 Å². The van der Waals surface area contributed by atoms with Gasteiger partial charge in [-0.15, -0.1) is 0 Å². The van der Waals surface area contributed by atoms with Gasteiger partial charge in [0, 0.05) is 24.1 Å². The van der Waals surface area contributed by atoms with E-state index < -0.39 is 0 Å². The molecule has 4 rings (SSSR count). The lowest BCUT2D eigenvalue weighted by Crippen LogP contribution is -2.27. The molecule has 110 valence electrons. The van der Waals surface area contributed by atoms with Gasteiger partial charge in [0.2, 0.25) is 0 Å². The zero-order valence-electron chi connectivity index (χ0n) is 12.4. The van der Waals surface area contributed by atoms with Crippen molar-refractivity contribution >= 4 is 0 Å². The number of nitrogens with two attached hydrogens (primary N) is 1. The van der Waals surface area contributed by atoms with Crippen LogP contribution in [0.25, 0.3) is 0 Å². The average Bonchev–Trinajstić information content (AvgIpc) is 2.89. The molecule has 2 fully saturated rings. The third-order valence-electron chi connectivity index (χ3n) is 6.03. The lowest BCUT2D eigenvalue weighted by Gasteiger charge is -2.38. The van der Waals surface area contributed by atoms with Crippen LogP contribution in [0.15, 0.2) is 0 Å². The third kappa shape index (κ3) is 2.30. The maximum Gasteiger partial charge on any atom is 0.109 e. The monoisotopic (exact) mass is 273 g/mol. The molecule has 0 aromatic carbocycles. The second-order valence-electron chi connectivity index (χ2n) is 7.36. The van der Waals surface area contributed by atoms with Crippen molar-refractivity contribution in [1.29, 1.82) is 0 Å². The molecule has 0 spiro atoms. The lowest BCUT2D eigenvalue weighted by atomic mass is 9.67. The number of rotatable bonds is 1. The van der Waals surface area contributed by atoms with Crippen molar-refractivity contribution in [2.75, 3.05) is 0 Å². The van der Waals surface area contributed by atoms with Gasteiger partial charge >= 0.3 is 0 Å². The first-order valence-electron chi connectivity index (χ1n) is 8.63. The number of fused-ring (bicyclic) bond motifs is 2. The molecule has 3 aliphatic carbocycles. The molecule has 4 unspecified atom stereocenters. The van der Waals surface area contributed by atoms with Crippen molar-refractivity contribution in [2.24, 2.45) is 17.6 Å². The molecule has 0 saturated heterocycles. The molecule has 3 nitrogen and oxygen atoms in total. The van der Waals surface area contributed by atoms with Crippen LogP contribution in [0.4, 0.5) is 0 Å². The van der Waals surface area contributed by atoms with Crippen LogP contribution in [-0.4, -0.2) is 16.0 Å². The van der Waals surface area contributed by atoms with Crippen LogP contribution in [0, 0.1) is 11.8 Å². The Morgan fingerprint density at radius 2 is 1.85 bits per heavy atom. The number of hydrogen-bond donors (Lipinski definition) is 2. The van der Waals surface area contributed by atoms with Gasteiger partial charge in [-0.1, -0.05) is 25.7 Å². The zero-order valence-corrected chi connectivity index (χ0v) is 12.4. The molecular formula is C17H27N3. The number of nitrogens with one attached hydrogen (secondary N) is 1. The second-order valence-corrected chi connectivity index (χ2v) is 7.36. The van der Waals surface area contributed by atoms with E-state index in [4.69, 9.17) is 10.7 Å². The Hall–Kier alpha value is -0.830. The molecule has 0 aliphatic heterocycles. The van der Waals surface area contributed by atoms with Gasteiger partial charge in [0.1, 0.15) is 5.82 Å². The summed E-state index contributed by atoms with van der Waals surface area (Å²) in [6.07, 6.45) is 13.2. The van der Waals surface area contributed by atoms with Crippen molar-refractivity contribution in [3.05, 3.63) is 17.2 Å². The molecule has 0 radical (unpaired) electrons. The number of H-pyrrole nitrogens is 1. The van der Waals surface area contributed by atoms with E-state index in [1.165, 1.54) is 62.2 Å². The lowest BCUT2D eigenvalue weighted by molar-refractivity contribution is 0.153. The van der Waals surface area contributed by atoms with Crippen molar-refractivity contribution < 1.29 is 0 Å². The van der Waals surface area contributed by atoms with Crippen LogP contribution in [0.3, 0.4) is 0 Å². The van der Waals surface area contributed by atoms with Crippen molar-refractivity contribution in [2.45, 2.75) is 76.2 Å². The van der Waals surface area contributed by atoms with Crippen molar-refractivity contribution in [1.82, 2.24) is 9.97 Å². The number of aromatic amines is 1. The number of hydrogen-bond acceptors (Lipinski definition) is 2. The highest BCUT2D eigenvalue weighted by molar-refractivity contribution is 5.21. The summed E-state index contributed by atoms with van der Waals surface area (Å²) in [5.41, 5.74) is 8.73. The van der Waals surface area contributed by atoms with E-state index in [0.29, 0.717) is 12.0 Å². The summed E-state index contributed by atoms with van der Waals surface area (Å²) in [6.45, 7) is 0.